The summed E-state index contributed by atoms with van der Waals surface area (Å²) >= 11 is 5.61. The SMILES string of the molecule is CC(=O)Cc1c(CCl)cccc1OC(F)(F)F. The van der Waals surface area contributed by atoms with Gasteiger partial charge < -0.3 is 4.74 Å². The smallest absolute Gasteiger partial charge is 0.405 e. The Kier molecular flexibility index (Phi) is 4.40. The van der Waals surface area contributed by atoms with E-state index in [1.54, 1.807) is 6.07 Å². The van der Waals surface area contributed by atoms with E-state index in [0.29, 0.717) is 5.56 Å². The van der Waals surface area contributed by atoms with Gasteiger partial charge in [-0.1, -0.05) is 12.1 Å². The van der Waals surface area contributed by atoms with E-state index in [2.05, 4.69) is 4.74 Å². The van der Waals surface area contributed by atoms with Crippen LogP contribution in [0.2, 0.25) is 0 Å². The van der Waals surface area contributed by atoms with E-state index in [-0.39, 0.29) is 29.4 Å². The summed E-state index contributed by atoms with van der Waals surface area (Å²) in [5.74, 6) is -0.599. The quantitative estimate of drug-likeness (QED) is 0.780. The van der Waals surface area contributed by atoms with E-state index in [0.717, 1.165) is 0 Å². The lowest BCUT2D eigenvalue weighted by atomic mass is 10.0. The molecule has 0 aliphatic rings. The summed E-state index contributed by atoms with van der Waals surface area (Å²) in [7, 11) is 0. The molecule has 0 aliphatic carbocycles. The van der Waals surface area contributed by atoms with E-state index >= 15 is 0 Å². The van der Waals surface area contributed by atoms with Crippen molar-refractivity contribution in [2.45, 2.75) is 25.6 Å². The van der Waals surface area contributed by atoms with Crippen molar-refractivity contribution < 1.29 is 22.7 Å². The van der Waals surface area contributed by atoms with Gasteiger partial charge in [-0.2, -0.15) is 0 Å². The molecule has 0 heterocycles. The third-order valence-electron chi connectivity index (χ3n) is 2.03. The molecule has 0 radical (unpaired) electrons. The summed E-state index contributed by atoms with van der Waals surface area (Å²) in [6, 6.07) is 4.14. The minimum Gasteiger partial charge on any atom is -0.405 e. The zero-order valence-electron chi connectivity index (χ0n) is 8.97. The summed E-state index contributed by atoms with van der Waals surface area (Å²) in [4.78, 5) is 11.0. The molecule has 0 atom stereocenters. The van der Waals surface area contributed by atoms with Crippen LogP contribution in [0.4, 0.5) is 13.2 Å². The van der Waals surface area contributed by atoms with Crippen molar-refractivity contribution in [2.75, 3.05) is 0 Å². The number of benzene rings is 1. The highest BCUT2D eigenvalue weighted by molar-refractivity contribution is 6.17. The highest BCUT2D eigenvalue weighted by atomic mass is 35.5. The first kappa shape index (κ1) is 13.8. The molecular weight excluding hydrogens is 257 g/mol. The zero-order chi connectivity index (χ0) is 13.1. The molecule has 17 heavy (non-hydrogen) atoms. The van der Waals surface area contributed by atoms with Gasteiger partial charge in [-0.25, -0.2) is 0 Å². The number of carbonyl (C=O) groups is 1. The molecule has 0 saturated heterocycles. The summed E-state index contributed by atoms with van der Waals surface area (Å²) in [5, 5.41) is 0. The standard InChI is InChI=1S/C11H10ClF3O2/c1-7(16)5-9-8(6-12)3-2-4-10(9)17-11(13,14)15/h2-4H,5-6H2,1H3. The van der Waals surface area contributed by atoms with Gasteiger partial charge in [-0.05, 0) is 18.6 Å². The molecule has 0 amide bonds. The van der Waals surface area contributed by atoms with Gasteiger partial charge in [0.2, 0.25) is 0 Å². The maximum absolute atomic E-state index is 12.2. The number of alkyl halides is 4. The van der Waals surface area contributed by atoms with Crippen LogP contribution >= 0.6 is 11.6 Å². The molecule has 0 saturated carbocycles. The lowest BCUT2D eigenvalue weighted by Crippen LogP contribution is -2.19. The second kappa shape index (κ2) is 5.40. The Balaban J connectivity index is 3.14. The van der Waals surface area contributed by atoms with Crippen LogP contribution in [-0.4, -0.2) is 12.1 Å². The fraction of sp³-hybridized carbons (Fsp3) is 0.364. The van der Waals surface area contributed by atoms with Crippen molar-refractivity contribution in [1.29, 1.82) is 0 Å². The fourth-order valence-electron chi connectivity index (χ4n) is 1.41. The third kappa shape index (κ3) is 4.26. The molecule has 0 aliphatic heterocycles. The molecule has 1 rings (SSSR count). The highest BCUT2D eigenvalue weighted by Gasteiger charge is 2.32. The number of ether oxygens (including phenoxy) is 1. The summed E-state index contributed by atoms with van der Waals surface area (Å²) in [6.45, 7) is 1.29. The molecule has 1 aromatic rings. The van der Waals surface area contributed by atoms with E-state index < -0.39 is 6.36 Å². The molecule has 0 bridgehead atoms. The van der Waals surface area contributed by atoms with E-state index in [9.17, 15) is 18.0 Å². The minimum absolute atomic E-state index is 0.0255. The van der Waals surface area contributed by atoms with Crippen LogP contribution in [0.3, 0.4) is 0 Å². The van der Waals surface area contributed by atoms with Gasteiger partial charge in [0.15, 0.2) is 0 Å². The predicted octanol–water partition coefficient (Wildman–Crippen LogP) is 3.46. The van der Waals surface area contributed by atoms with Crippen molar-refractivity contribution in [1.82, 2.24) is 0 Å². The fourth-order valence-corrected chi connectivity index (χ4v) is 1.66. The first-order valence-electron chi connectivity index (χ1n) is 4.75. The Hall–Kier alpha value is -1.23. The molecule has 0 N–H and O–H groups in total. The van der Waals surface area contributed by atoms with Gasteiger partial charge >= 0.3 is 6.36 Å². The van der Waals surface area contributed by atoms with Crippen LogP contribution in [0.1, 0.15) is 18.1 Å². The Morgan fingerprint density at radius 3 is 2.53 bits per heavy atom. The van der Waals surface area contributed by atoms with E-state index in [1.165, 1.54) is 19.1 Å². The molecule has 0 fully saturated rings. The summed E-state index contributed by atoms with van der Waals surface area (Å²) in [5.41, 5.74) is 0.649. The predicted molar refractivity (Wildman–Crippen MR) is 57.1 cm³/mol. The van der Waals surface area contributed by atoms with Crippen LogP contribution in [0.15, 0.2) is 18.2 Å². The van der Waals surface area contributed by atoms with Crippen LogP contribution in [0.5, 0.6) is 5.75 Å². The lowest BCUT2D eigenvalue weighted by molar-refractivity contribution is -0.274. The molecule has 6 heteroatoms. The van der Waals surface area contributed by atoms with E-state index in [4.69, 9.17) is 11.6 Å². The zero-order valence-corrected chi connectivity index (χ0v) is 9.73. The number of carbonyl (C=O) groups excluding carboxylic acids is 1. The summed E-state index contributed by atoms with van der Waals surface area (Å²) < 4.78 is 40.3. The van der Waals surface area contributed by atoms with Crippen molar-refractivity contribution in [3.63, 3.8) is 0 Å². The molecule has 2 nitrogen and oxygen atoms in total. The number of rotatable bonds is 4. The average molecular weight is 267 g/mol. The van der Waals surface area contributed by atoms with Gasteiger partial charge in [0.1, 0.15) is 11.5 Å². The lowest BCUT2D eigenvalue weighted by Gasteiger charge is -2.15. The number of hydrogen-bond acceptors (Lipinski definition) is 2. The molecule has 94 valence electrons. The monoisotopic (exact) mass is 266 g/mol. The van der Waals surface area contributed by atoms with Crippen LogP contribution in [0.25, 0.3) is 0 Å². The number of halogens is 4. The second-order valence-electron chi connectivity index (χ2n) is 3.45. The van der Waals surface area contributed by atoms with Crippen LogP contribution in [-0.2, 0) is 17.1 Å². The molecule has 0 aromatic heterocycles. The Morgan fingerprint density at radius 1 is 1.41 bits per heavy atom. The van der Waals surface area contributed by atoms with Crippen molar-refractivity contribution in [2.24, 2.45) is 0 Å². The summed E-state index contributed by atoms with van der Waals surface area (Å²) in [6.07, 6.45) is -4.91. The minimum atomic E-state index is -4.78. The molecule has 0 spiro atoms. The second-order valence-corrected chi connectivity index (χ2v) is 3.72. The van der Waals surface area contributed by atoms with Crippen LogP contribution in [0, 0.1) is 0 Å². The van der Waals surface area contributed by atoms with Crippen LogP contribution < -0.4 is 4.74 Å². The van der Waals surface area contributed by atoms with Gasteiger partial charge in [0.05, 0.1) is 0 Å². The van der Waals surface area contributed by atoms with E-state index in [1.807, 2.05) is 0 Å². The molecular formula is C11H10ClF3O2. The average Bonchev–Trinajstić information content (AvgIpc) is 2.17. The van der Waals surface area contributed by atoms with Gasteiger partial charge in [0.25, 0.3) is 0 Å². The first-order valence-corrected chi connectivity index (χ1v) is 5.29. The van der Waals surface area contributed by atoms with Crippen molar-refractivity contribution in [3.8, 4) is 5.75 Å². The molecule has 0 unspecified atom stereocenters. The van der Waals surface area contributed by atoms with Gasteiger partial charge in [-0.3, -0.25) is 4.79 Å². The first-order chi connectivity index (χ1) is 7.83. The number of hydrogen-bond donors (Lipinski definition) is 0. The highest BCUT2D eigenvalue weighted by Crippen LogP contribution is 2.29. The Morgan fingerprint density at radius 2 is 2.06 bits per heavy atom. The normalized spacial score (nSPS) is 11.4. The number of Topliss-reactive ketones (excluding diaryl/α,β-unsaturated/α-hetero) is 1. The van der Waals surface area contributed by atoms with Gasteiger partial charge in [-0.15, -0.1) is 24.8 Å². The molecule has 1 aromatic carbocycles. The van der Waals surface area contributed by atoms with Gasteiger partial charge in [0, 0.05) is 17.9 Å². The Labute approximate surface area is 101 Å². The largest absolute Gasteiger partial charge is 0.573 e. The van der Waals surface area contributed by atoms with Crippen molar-refractivity contribution in [3.05, 3.63) is 29.3 Å². The number of ketones is 1. The Bertz CT molecular complexity index is 416. The maximum Gasteiger partial charge on any atom is 0.573 e. The van der Waals surface area contributed by atoms with Crippen molar-refractivity contribution >= 4 is 17.4 Å². The maximum atomic E-state index is 12.2. The topological polar surface area (TPSA) is 26.3 Å². The third-order valence-corrected chi connectivity index (χ3v) is 2.31.